The first-order valence-corrected chi connectivity index (χ1v) is 12.8. The van der Waals surface area contributed by atoms with E-state index < -0.39 is 0 Å². The summed E-state index contributed by atoms with van der Waals surface area (Å²) in [5, 5.41) is 0. The van der Waals surface area contributed by atoms with Crippen LogP contribution in [0.3, 0.4) is 0 Å². The second kappa shape index (κ2) is 10.7. The monoisotopic (exact) mass is 443 g/mol. The highest BCUT2D eigenvalue weighted by Crippen LogP contribution is 2.34. The molecule has 0 amide bonds. The fraction of sp³-hybridized carbons (Fsp3) is 0.483. The summed E-state index contributed by atoms with van der Waals surface area (Å²) in [5.41, 5.74) is 5.39. The highest BCUT2D eigenvalue weighted by Gasteiger charge is 2.30. The number of rotatable bonds is 8. The largest absolute Gasteiger partial charge is 0.362 e. The molecular formula is C29H37N3O. The molecule has 1 fully saturated rings. The van der Waals surface area contributed by atoms with Gasteiger partial charge in [-0.1, -0.05) is 61.0 Å². The quantitative estimate of drug-likeness (QED) is 0.425. The summed E-state index contributed by atoms with van der Waals surface area (Å²) in [6, 6.07) is 19.6. The Morgan fingerprint density at radius 2 is 1.64 bits per heavy atom. The van der Waals surface area contributed by atoms with Crippen LogP contribution in [-0.2, 0) is 30.5 Å². The van der Waals surface area contributed by atoms with Crippen LogP contribution in [0.1, 0.15) is 66.4 Å². The molecule has 0 spiro atoms. The van der Waals surface area contributed by atoms with Gasteiger partial charge in [0.05, 0.1) is 11.8 Å². The predicted octanol–water partition coefficient (Wildman–Crippen LogP) is 5.59. The van der Waals surface area contributed by atoms with Crippen LogP contribution >= 0.6 is 0 Å². The number of nitrogens with zero attached hydrogens (tertiary/aromatic N) is 3. The maximum absolute atomic E-state index is 6.81. The number of unbranched alkanes of at least 4 members (excludes halogenated alkanes) is 2. The van der Waals surface area contributed by atoms with Crippen molar-refractivity contribution in [3.8, 4) is 0 Å². The molecule has 5 rings (SSSR count). The topological polar surface area (TPSA) is 30.3 Å². The SMILES string of the molecule is CN1CCC(OC2c3ccccc3CCn3cc(CCCCCc4ccccc4)nc32)CC1. The highest BCUT2D eigenvalue weighted by molar-refractivity contribution is 5.35. The summed E-state index contributed by atoms with van der Waals surface area (Å²) in [4.78, 5) is 7.56. The number of imidazole rings is 1. The highest BCUT2D eigenvalue weighted by atomic mass is 16.5. The standard InChI is InChI=1S/C29H37N3O/c1-31-19-17-26(18-20-31)33-28-27-15-9-8-13-24(27)16-21-32-22-25(30-29(28)32)14-7-3-6-12-23-10-4-2-5-11-23/h2,4-5,8-11,13,15,22,26,28H,3,6-7,12,14,16-21H2,1H3. The summed E-state index contributed by atoms with van der Waals surface area (Å²) >= 11 is 0. The molecule has 0 N–H and O–H groups in total. The number of aromatic nitrogens is 2. The van der Waals surface area contributed by atoms with Crippen molar-refractivity contribution in [2.75, 3.05) is 20.1 Å². The van der Waals surface area contributed by atoms with Crippen LogP contribution in [0.4, 0.5) is 0 Å². The lowest BCUT2D eigenvalue weighted by Gasteiger charge is -2.32. The molecule has 174 valence electrons. The van der Waals surface area contributed by atoms with E-state index in [4.69, 9.17) is 9.72 Å². The van der Waals surface area contributed by atoms with E-state index in [9.17, 15) is 0 Å². The van der Waals surface area contributed by atoms with E-state index in [0.29, 0.717) is 6.10 Å². The van der Waals surface area contributed by atoms with Crippen LogP contribution in [0.15, 0.2) is 60.8 Å². The molecule has 1 saturated heterocycles. The lowest BCUT2D eigenvalue weighted by molar-refractivity contribution is -0.0276. The zero-order valence-corrected chi connectivity index (χ0v) is 20.0. The van der Waals surface area contributed by atoms with Crippen LogP contribution in [0.5, 0.6) is 0 Å². The van der Waals surface area contributed by atoms with E-state index in [0.717, 1.165) is 51.1 Å². The van der Waals surface area contributed by atoms with Gasteiger partial charge < -0.3 is 14.2 Å². The molecule has 1 atom stereocenters. The summed E-state index contributed by atoms with van der Waals surface area (Å²) in [6.45, 7) is 3.21. The van der Waals surface area contributed by atoms with Gasteiger partial charge in [0.1, 0.15) is 11.9 Å². The van der Waals surface area contributed by atoms with Gasteiger partial charge in [-0.2, -0.15) is 0 Å². The van der Waals surface area contributed by atoms with Gasteiger partial charge in [0.25, 0.3) is 0 Å². The molecule has 4 nitrogen and oxygen atoms in total. The number of aryl methyl sites for hydroxylation is 4. The fourth-order valence-corrected chi connectivity index (χ4v) is 5.30. The van der Waals surface area contributed by atoms with Gasteiger partial charge in [-0.05, 0) is 68.7 Å². The zero-order valence-electron chi connectivity index (χ0n) is 20.0. The number of likely N-dealkylation sites (tertiary alicyclic amines) is 1. The van der Waals surface area contributed by atoms with Crippen molar-refractivity contribution in [2.45, 2.75) is 70.1 Å². The summed E-state index contributed by atoms with van der Waals surface area (Å²) < 4.78 is 9.18. The molecule has 2 aliphatic rings. The Hall–Kier alpha value is -2.43. The predicted molar refractivity (Wildman–Crippen MR) is 134 cm³/mol. The van der Waals surface area contributed by atoms with E-state index in [1.807, 2.05) is 0 Å². The number of benzene rings is 2. The van der Waals surface area contributed by atoms with Crippen LogP contribution in [0, 0.1) is 0 Å². The second-order valence-electron chi connectivity index (χ2n) is 9.80. The maximum atomic E-state index is 6.81. The van der Waals surface area contributed by atoms with Gasteiger partial charge in [0, 0.05) is 25.8 Å². The van der Waals surface area contributed by atoms with Crippen LogP contribution in [0.2, 0.25) is 0 Å². The number of ether oxygens (including phenoxy) is 1. The van der Waals surface area contributed by atoms with Crippen molar-refractivity contribution < 1.29 is 4.74 Å². The first kappa shape index (κ1) is 22.4. The third kappa shape index (κ3) is 5.56. The Morgan fingerprint density at radius 3 is 2.48 bits per heavy atom. The number of hydrogen-bond acceptors (Lipinski definition) is 3. The second-order valence-corrected chi connectivity index (χ2v) is 9.80. The smallest absolute Gasteiger partial charge is 0.142 e. The average Bonchev–Trinajstić information content (AvgIpc) is 3.20. The van der Waals surface area contributed by atoms with Gasteiger partial charge in [-0.3, -0.25) is 0 Å². The van der Waals surface area contributed by atoms with Gasteiger partial charge in [0.15, 0.2) is 0 Å². The van der Waals surface area contributed by atoms with E-state index in [1.165, 1.54) is 48.1 Å². The third-order valence-electron chi connectivity index (χ3n) is 7.29. The van der Waals surface area contributed by atoms with Crippen LogP contribution < -0.4 is 0 Å². The lowest BCUT2D eigenvalue weighted by atomic mass is 10.00. The molecule has 1 aromatic heterocycles. The van der Waals surface area contributed by atoms with Gasteiger partial charge in [-0.15, -0.1) is 0 Å². The Balaban J connectivity index is 1.25. The van der Waals surface area contributed by atoms with Crippen molar-refractivity contribution >= 4 is 0 Å². The average molecular weight is 444 g/mol. The van der Waals surface area contributed by atoms with Gasteiger partial charge in [-0.25, -0.2) is 4.98 Å². The lowest BCUT2D eigenvalue weighted by Crippen LogP contribution is -2.35. The van der Waals surface area contributed by atoms with Crippen LogP contribution in [-0.4, -0.2) is 40.7 Å². The van der Waals surface area contributed by atoms with Gasteiger partial charge >= 0.3 is 0 Å². The molecule has 33 heavy (non-hydrogen) atoms. The molecule has 2 aliphatic heterocycles. The van der Waals surface area contributed by atoms with Crippen LogP contribution in [0.25, 0.3) is 0 Å². The summed E-state index contributed by atoms with van der Waals surface area (Å²) in [5.74, 6) is 1.11. The van der Waals surface area contributed by atoms with Gasteiger partial charge in [0.2, 0.25) is 0 Å². The van der Waals surface area contributed by atoms with E-state index >= 15 is 0 Å². The third-order valence-corrected chi connectivity index (χ3v) is 7.29. The number of hydrogen-bond donors (Lipinski definition) is 0. The Bertz CT molecular complexity index is 1020. The fourth-order valence-electron chi connectivity index (χ4n) is 5.30. The van der Waals surface area contributed by atoms with Crippen molar-refractivity contribution in [3.05, 3.63) is 89.0 Å². The molecule has 1 unspecified atom stereocenters. The molecule has 0 aliphatic carbocycles. The minimum absolute atomic E-state index is 0.0519. The first-order chi connectivity index (χ1) is 16.3. The van der Waals surface area contributed by atoms with E-state index in [-0.39, 0.29) is 6.10 Å². The molecule has 0 bridgehead atoms. The zero-order chi connectivity index (χ0) is 22.5. The summed E-state index contributed by atoms with van der Waals surface area (Å²) in [6.07, 6.45) is 11.7. The maximum Gasteiger partial charge on any atom is 0.142 e. The molecule has 0 radical (unpaired) electrons. The number of piperidine rings is 1. The molecular weight excluding hydrogens is 406 g/mol. The summed E-state index contributed by atoms with van der Waals surface area (Å²) in [7, 11) is 2.20. The Kier molecular flexibility index (Phi) is 7.23. The normalized spacial score (nSPS) is 19.1. The molecule has 4 heteroatoms. The molecule has 0 saturated carbocycles. The Morgan fingerprint density at radius 1 is 0.879 bits per heavy atom. The minimum atomic E-state index is -0.0519. The number of fused-ring (bicyclic) bond motifs is 2. The van der Waals surface area contributed by atoms with E-state index in [2.05, 4.69) is 77.3 Å². The van der Waals surface area contributed by atoms with E-state index in [1.54, 1.807) is 0 Å². The minimum Gasteiger partial charge on any atom is -0.362 e. The van der Waals surface area contributed by atoms with Crippen molar-refractivity contribution in [1.29, 1.82) is 0 Å². The molecule has 3 aromatic rings. The van der Waals surface area contributed by atoms with Crippen molar-refractivity contribution in [1.82, 2.24) is 14.5 Å². The Labute approximate surface area is 198 Å². The molecule has 3 heterocycles. The molecule has 2 aromatic carbocycles. The van der Waals surface area contributed by atoms with Crippen molar-refractivity contribution in [2.24, 2.45) is 0 Å². The van der Waals surface area contributed by atoms with Crippen molar-refractivity contribution in [3.63, 3.8) is 0 Å². The first-order valence-electron chi connectivity index (χ1n) is 12.8.